The van der Waals surface area contributed by atoms with Crippen LogP contribution in [-0.4, -0.2) is 11.3 Å². The first kappa shape index (κ1) is 42.1. The molecule has 0 nitrogen and oxygen atoms in total. The molecule has 6 aromatic rings. The minimum atomic E-state index is -0.690. The zero-order valence-electron chi connectivity index (χ0n) is 32.8. The van der Waals surface area contributed by atoms with Crippen molar-refractivity contribution in [1.82, 2.24) is 0 Å². The Morgan fingerprint density at radius 3 is 1.08 bits per heavy atom. The fraction of sp³-hybridized carbons (Fsp3) is 0.292. The van der Waals surface area contributed by atoms with Gasteiger partial charge in [0, 0.05) is 17.1 Å². The van der Waals surface area contributed by atoms with E-state index in [0.29, 0.717) is 0 Å². The normalized spacial score (nSPS) is 12.0. The summed E-state index contributed by atoms with van der Waals surface area (Å²) in [6.07, 6.45) is 0. The van der Waals surface area contributed by atoms with Crippen molar-refractivity contribution in [2.45, 2.75) is 91.4 Å². The van der Waals surface area contributed by atoms with E-state index < -0.39 is 15.8 Å². The van der Waals surface area contributed by atoms with Crippen LogP contribution >= 0.6 is 23.8 Å². The summed E-state index contributed by atoms with van der Waals surface area (Å²) in [5.74, 6) is 0. The van der Waals surface area contributed by atoms with Gasteiger partial charge in [-0.05, 0) is 11.3 Å². The van der Waals surface area contributed by atoms with E-state index in [4.69, 9.17) is 0 Å². The molecule has 0 radical (unpaired) electrons. The van der Waals surface area contributed by atoms with Crippen LogP contribution in [0.3, 0.4) is 0 Å². The third-order valence-corrected chi connectivity index (χ3v) is 17.5. The molecule has 0 aromatic heterocycles. The maximum absolute atomic E-state index is 2.52. The van der Waals surface area contributed by atoms with Crippen LogP contribution in [0, 0.1) is 0 Å². The molecule has 0 fully saturated rings. The van der Waals surface area contributed by atoms with Gasteiger partial charge < -0.3 is 28.3 Å². The van der Waals surface area contributed by atoms with Crippen molar-refractivity contribution >= 4 is 60.9 Å². The van der Waals surface area contributed by atoms with E-state index in [9.17, 15) is 0 Å². The third-order valence-electron chi connectivity index (χ3n) is 9.27. The molecule has 0 spiro atoms. The van der Waals surface area contributed by atoms with E-state index in [-0.39, 0.29) is 35.8 Å². The van der Waals surface area contributed by atoms with Crippen LogP contribution in [0.1, 0.15) is 80.4 Å². The van der Waals surface area contributed by atoms with Gasteiger partial charge in [0.25, 0.3) is 0 Å². The summed E-state index contributed by atoms with van der Waals surface area (Å²) >= 11 is 0. The number of benzene rings is 4. The maximum Gasteiger partial charge on any atom is 0 e. The summed E-state index contributed by atoms with van der Waals surface area (Å²) in [7, 11) is -1.38. The number of rotatable bonds is 9. The third kappa shape index (κ3) is 10.5. The van der Waals surface area contributed by atoms with Crippen molar-refractivity contribution in [3.05, 3.63) is 163 Å². The molecular formula is C48H57FeP3-6. The Kier molecular flexibility index (Phi) is 15.1. The summed E-state index contributed by atoms with van der Waals surface area (Å²) in [6, 6.07) is 56.5. The Labute approximate surface area is 330 Å². The summed E-state index contributed by atoms with van der Waals surface area (Å²) in [6.45, 7) is 23.3. The Bertz CT molecular complexity index is 1720. The van der Waals surface area contributed by atoms with Crippen molar-refractivity contribution in [1.29, 1.82) is 0 Å². The van der Waals surface area contributed by atoms with E-state index in [2.05, 4.69) is 221 Å². The van der Waals surface area contributed by atoms with E-state index >= 15 is 0 Å². The molecule has 4 heteroatoms. The molecule has 0 aliphatic rings. The fourth-order valence-corrected chi connectivity index (χ4v) is 14.9. The molecule has 0 bridgehead atoms. The van der Waals surface area contributed by atoms with Crippen LogP contribution in [0.25, 0.3) is 0 Å². The van der Waals surface area contributed by atoms with E-state index in [1.807, 2.05) is 0 Å². The molecular weight excluding hydrogens is 725 g/mol. The van der Waals surface area contributed by atoms with Crippen LogP contribution in [-0.2, 0) is 27.9 Å². The molecule has 0 aliphatic heterocycles. The maximum atomic E-state index is 2.52. The Morgan fingerprint density at radius 1 is 0.500 bits per heavy atom. The standard InChI is InChI=1S/C33H31P2.C15H26P.Fe/c1-33(2,3)26-24-31(34(27-16-8-4-9-17-27)28-18-10-5-11-19-28)32(25-26)35(29-20-12-6-13-21-29)30-22-14-7-15-23-30;1-11(2)16(12(3)4)14-9-8-13(10-14)15(5,6)7;/h4-25H,1-3H3;8-12H,1-7H3;/q-5;-1;. The predicted molar refractivity (Wildman–Crippen MR) is 236 cm³/mol. The Hall–Kier alpha value is -2.61. The Balaban J connectivity index is 0.000000301. The number of hydrogen-bond acceptors (Lipinski definition) is 0. The second kappa shape index (κ2) is 18.6. The van der Waals surface area contributed by atoms with E-state index in [1.54, 1.807) is 5.30 Å². The predicted octanol–water partition coefficient (Wildman–Crippen LogP) is 10.8. The second-order valence-electron chi connectivity index (χ2n) is 16.0. The summed E-state index contributed by atoms with van der Waals surface area (Å²) in [4.78, 5) is 0. The van der Waals surface area contributed by atoms with Crippen molar-refractivity contribution in [2.75, 3.05) is 0 Å². The van der Waals surface area contributed by atoms with Gasteiger partial charge >= 0.3 is 0 Å². The van der Waals surface area contributed by atoms with Gasteiger partial charge in [-0.1, -0.05) is 217 Å². The topological polar surface area (TPSA) is 0 Å². The van der Waals surface area contributed by atoms with Gasteiger partial charge in [-0.3, -0.25) is 0 Å². The molecule has 52 heavy (non-hydrogen) atoms. The van der Waals surface area contributed by atoms with Crippen molar-refractivity contribution < 1.29 is 17.1 Å². The van der Waals surface area contributed by atoms with E-state index in [1.165, 1.54) is 43.0 Å². The fourth-order valence-electron chi connectivity index (χ4n) is 6.69. The summed E-state index contributed by atoms with van der Waals surface area (Å²) in [5, 5.41) is 10.2. The van der Waals surface area contributed by atoms with Crippen molar-refractivity contribution in [3.63, 3.8) is 0 Å². The van der Waals surface area contributed by atoms with Gasteiger partial charge in [0.2, 0.25) is 0 Å². The molecule has 0 aliphatic carbocycles. The summed E-state index contributed by atoms with van der Waals surface area (Å²) in [5.41, 5.74) is 4.83. The Morgan fingerprint density at radius 2 is 0.827 bits per heavy atom. The van der Waals surface area contributed by atoms with E-state index in [0.717, 1.165) is 11.3 Å². The monoisotopic (exact) mass is 782 g/mol. The molecule has 0 unspecified atom stereocenters. The molecule has 0 saturated heterocycles. The van der Waals surface area contributed by atoms with Gasteiger partial charge in [-0.2, -0.15) is 17.7 Å². The largest absolute Gasteiger partial charge is 0.738 e. The van der Waals surface area contributed by atoms with Gasteiger partial charge in [-0.25, -0.2) is 27.3 Å². The zero-order valence-corrected chi connectivity index (χ0v) is 36.6. The van der Waals surface area contributed by atoms with Gasteiger partial charge in [-0.15, -0.1) is 13.2 Å². The first-order valence-electron chi connectivity index (χ1n) is 18.4. The van der Waals surface area contributed by atoms with Crippen LogP contribution in [0.4, 0.5) is 0 Å². The number of hydrogen-bond donors (Lipinski definition) is 0. The minimum Gasteiger partial charge on any atom is -0.738 e. The molecule has 0 amide bonds. The molecule has 6 rings (SSSR count). The minimum absolute atomic E-state index is 0. The average Bonchev–Trinajstić information content (AvgIpc) is 3.76. The van der Waals surface area contributed by atoms with Crippen LogP contribution in [0.2, 0.25) is 0 Å². The van der Waals surface area contributed by atoms with Crippen molar-refractivity contribution in [3.8, 4) is 0 Å². The first-order valence-corrected chi connectivity index (χ1v) is 22.6. The second-order valence-corrected chi connectivity index (χ2v) is 23.7. The molecule has 0 atom stereocenters. The smallest absolute Gasteiger partial charge is 0 e. The average molecular weight is 783 g/mol. The molecule has 0 saturated carbocycles. The van der Waals surface area contributed by atoms with Crippen LogP contribution < -0.4 is 37.1 Å². The van der Waals surface area contributed by atoms with Gasteiger partial charge in [0.05, 0.1) is 0 Å². The van der Waals surface area contributed by atoms with Gasteiger partial charge in [0.15, 0.2) is 0 Å². The van der Waals surface area contributed by atoms with Gasteiger partial charge in [0.1, 0.15) is 0 Å². The summed E-state index contributed by atoms with van der Waals surface area (Å²) < 4.78 is 0. The molecule has 0 heterocycles. The van der Waals surface area contributed by atoms with Crippen LogP contribution in [0.5, 0.6) is 0 Å². The molecule has 0 N–H and O–H groups in total. The SMILES string of the molecule is CC(C)(C)[c-]1[cH-][c-](P(c2ccccc2)c2ccccc2)[c-](P(c2ccccc2)c2ccccc2)[cH-]1.CC(C)P([c-]1ccc(C(C)(C)C)c1)C(C)C.[Fe]. The van der Waals surface area contributed by atoms with Crippen molar-refractivity contribution in [2.24, 2.45) is 0 Å². The molecule has 6 aromatic carbocycles. The molecule has 278 valence electrons. The first-order chi connectivity index (χ1) is 24.3. The van der Waals surface area contributed by atoms with Crippen LogP contribution in [0.15, 0.2) is 152 Å². The zero-order chi connectivity index (χ0) is 36.8. The quantitative estimate of drug-likeness (QED) is 0.0779.